The second-order valence-electron chi connectivity index (χ2n) is 4.13. The van der Waals surface area contributed by atoms with E-state index in [0.717, 1.165) is 0 Å². The fraction of sp³-hybridized carbons (Fsp3) is 0.900. The molecule has 0 saturated heterocycles. The van der Waals surface area contributed by atoms with E-state index in [9.17, 15) is 9.90 Å². The molecule has 3 unspecified atom stereocenters. The molecule has 0 saturated carbocycles. The number of carbonyl (C=O) groups is 1. The Hall–Kier alpha value is -0.300. The summed E-state index contributed by atoms with van der Waals surface area (Å²) < 4.78 is 0. The molecule has 0 aromatic rings. The van der Waals surface area contributed by atoms with Gasteiger partial charge in [0.1, 0.15) is 0 Å². The molecule has 0 rings (SSSR count). The lowest BCUT2D eigenvalue weighted by Crippen LogP contribution is -2.52. The zero-order chi connectivity index (χ0) is 12.8. The van der Waals surface area contributed by atoms with E-state index in [0.29, 0.717) is 12.2 Å². The number of amides is 1. The highest BCUT2D eigenvalue weighted by Crippen LogP contribution is 2.22. The minimum atomic E-state index is -0.726. The summed E-state index contributed by atoms with van der Waals surface area (Å²) in [6, 6.07) is 0. The number of thioether (sulfide) groups is 1. The van der Waals surface area contributed by atoms with Crippen LogP contribution in [-0.4, -0.2) is 52.4 Å². The van der Waals surface area contributed by atoms with Crippen LogP contribution in [0.3, 0.4) is 0 Å². The predicted molar refractivity (Wildman–Crippen MR) is 66.3 cm³/mol. The summed E-state index contributed by atoms with van der Waals surface area (Å²) in [7, 11) is 1.70. The normalized spacial score (nSPS) is 18.8. The molecule has 0 aromatic carbocycles. The van der Waals surface area contributed by atoms with Crippen molar-refractivity contribution in [1.82, 2.24) is 5.32 Å². The highest BCUT2D eigenvalue weighted by molar-refractivity contribution is 7.99. The lowest BCUT2D eigenvalue weighted by Gasteiger charge is -2.28. The predicted octanol–water partition coefficient (Wildman–Crippen LogP) is -0.685. The van der Waals surface area contributed by atoms with Crippen molar-refractivity contribution < 1.29 is 15.0 Å². The van der Waals surface area contributed by atoms with E-state index in [1.54, 1.807) is 14.0 Å². The molecule has 0 fully saturated rings. The number of nitrogens with one attached hydrogen (secondary N) is 1. The van der Waals surface area contributed by atoms with Gasteiger partial charge in [-0.3, -0.25) is 4.79 Å². The maximum absolute atomic E-state index is 11.2. The maximum Gasteiger partial charge on any atom is 0.237 e. The molecule has 0 aliphatic carbocycles. The number of rotatable bonds is 8. The summed E-state index contributed by atoms with van der Waals surface area (Å²) in [4.78, 5) is 11.2. The third-order valence-corrected chi connectivity index (χ3v) is 3.89. The summed E-state index contributed by atoms with van der Waals surface area (Å²) in [5, 5.41) is 20.9. The molecule has 1 amide bonds. The van der Waals surface area contributed by atoms with Crippen molar-refractivity contribution in [3.05, 3.63) is 0 Å². The van der Waals surface area contributed by atoms with Crippen molar-refractivity contribution in [3.63, 3.8) is 0 Å². The standard InChI is InChI=1S/C10H22N2O3S/c1-7(16-6-8(14)5-13)4-10(2,12-3)9(11)15/h7-8,12-14H,4-6H2,1-3H3,(H2,11,15). The van der Waals surface area contributed by atoms with E-state index in [1.807, 2.05) is 6.92 Å². The Labute approximate surface area is 101 Å². The van der Waals surface area contributed by atoms with E-state index < -0.39 is 11.6 Å². The first-order valence-electron chi connectivity index (χ1n) is 5.25. The molecule has 0 aromatic heterocycles. The third-order valence-electron chi connectivity index (χ3n) is 2.58. The van der Waals surface area contributed by atoms with Crippen LogP contribution in [0.2, 0.25) is 0 Å². The molecule has 16 heavy (non-hydrogen) atoms. The minimum Gasteiger partial charge on any atom is -0.394 e. The van der Waals surface area contributed by atoms with Crippen LogP contribution in [0.25, 0.3) is 0 Å². The summed E-state index contributed by atoms with van der Waals surface area (Å²) in [5.74, 6) is 0.0705. The molecule has 0 spiro atoms. The molecule has 3 atom stereocenters. The molecule has 5 nitrogen and oxygen atoms in total. The first kappa shape index (κ1) is 15.7. The molecule has 6 heteroatoms. The first-order valence-corrected chi connectivity index (χ1v) is 6.30. The number of likely N-dealkylation sites (N-methyl/N-ethyl adjacent to an activating group) is 1. The van der Waals surface area contributed by atoms with Gasteiger partial charge < -0.3 is 21.3 Å². The Morgan fingerprint density at radius 2 is 2.19 bits per heavy atom. The molecule has 5 N–H and O–H groups in total. The van der Waals surface area contributed by atoms with Crippen molar-refractivity contribution in [2.45, 2.75) is 37.2 Å². The van der Waals surface area contributed by atoms with Gasteiger partial charge in [0.05, 0.1) is 18.2 Å². The maximum atomic E-state index is 11.2. The molecular formula is C10H22N2O3S. The van der Waals surface area contributed by atoms with Crippen LogP contribution in [-0.2, 0) is 4.79 Å². The molecule has 0 bridgehead atoms. The van der Waals surface area contributed by atoms with Crippen LogP contribution in [0.4, 0.5) is 0 Å². The van der Waals surface area contributed by atoms with Crippen molar-refractivity contribution in [3.8, 4) is 0 Å². The van der Waals surface area contributed by atoms with Crippen LogP contribution in [0.1, 0.15) is 20.3 Å². The Kier molecular flexibility index (Phi) is 6.98. The van der Waals surface area contributed by atoms with Gasteiger partial charge in [0.25, 0.3) is 0 Å². The van der Waals surface area contributed by atoms with Crippen LogP contribution < -0.4 is 11.1 Å². The fourth-order valence-corrected chi connectivity index (χ4v) is 2.40. The van der Waals surface area contributed by atoms with Gasteiger partial charge in [-0.2, -0.15) is 11.8 Å². The Morgan fingerprint density at radius 1 is 1.62 bits per heavy atom. The van der Waals surface area contributed by atoms with Gasteiger partial charge in [0, 0.05) is 11.0 Å². The van der Waals surface area contributed by atoms with Crippen LogP contribution in [0.15, 0.2) is 0 Å². The molecular weight excluding hydrogens is 228 g/mol. The molecule has 96 valence electrons. The van der Waals surface area contributed by atoms with E-state index in [2.05, 4.69) is 5.32 Å². The lowest BCUT2D eigenvalue weighted by atomic mass is 9.95. The van der Waals surface area contributed by atoms with Crippen molar-refractivity contribution in [2.24, 2.45) is 5.73 Å². The molecule has 0 heterocycles. The SMILES string of the molecule is CNC(C)(CC(C)SCC(O)CO)C(N)=O. The fourth-order valence-electron chi connectivity index (χ4n) is 1.29. The first-order chi connectivity index (χ1) is 7.35. The van der Waals surface area contributed by atoms with Gasteiger partial charge in [0.15, 0.2) is 0 Å². The monoisotopic (exact) mass is 250 g/mol. The highest BCUT2D eigenvalue weighted by Gasteiger charge is 2.31. The number of hydrogen-bond donors (Lipinski definition) is 4. The quantitative estimate of drug-likeness (QED) is 0.457. The van der Waals surface area contributed by atoms with Crippen molar-refractivity contribution in [1.29, 1.82) is 0 Å². The number of aliphatic hydroxyl groups excluding tert-OH is 2. The topological polar surface area (TPSA) is 95.6 Å². The summed E-state index contributed by atoms with van der Waals surface area (Å²) in [6.07, 6.45) is -0.122. The number of nitrogens with two attached hydrogens (primary N) is 1. The van der Waals surface area contributed by atoms with E-state index >= 15 is 0 Å². The van der Waals surface area contributed by atoms with Crippen molar-refractivity contribution in [2.75, 3.05) is 19.4 Å². The van der Waals surface area contributed by atoms with Gasteiger partial charge in [-0.25, -0.2) is 0 Å². The van der Waals surface area contributed by atoms with Gasteiger partial charge in [-0.1, -0.05) is 6.92 Å². The summed E-state index contributed by atoms with van der Waals surface area (Å²) in [6.45, 7) is 3.49. The highest BCUT2D eigenvalue weighted by atomic mass is 32.2. The molecule has 0 radical (unpaired) electrons. The smallest absolute Gasteiger partial charge is 0.237 e. The zero-order valence-electron chi connectivity index (χ0n) is 10.1. The number of aliphatic hydroxyl groups is 2. The van der Waals surface area contributed by atoms with E-state index in [1.165, 1.54) is 11.8 Å². The number of primary amides is 1. The van der Waals surface area contributed by atoms with Crippen LogP contribution >= 0.6 is 11.8 Å². The Balaban J connectivity index is 4.11. The van der Waals surface area contributed by atoms with Crippen LogP contribution in [0, 0.1) is 0 Å². The third kappa shape index (κ3) is 5.16. The molecule has 0 aliphatic heterocycles. The average molecular weight is 250 g/mol. The van der Waals surface area contributed by atoms with Gasteiger partial charge in [-0.05, 0) is 20.4 Å². The Bertz CT molecular complexity index is 228. The second-order valence-corrected chi connectivity index (χ2v) is 5.60. The number of hydrogen-bond acceptors (Lipinski definition) is 5. The second kappa shape index (κ2) is 7.11. The summed E-state index contributed by atoms with van der Waals surface area (Å²) >= 11 is 1.51. The Morgan fingerprint density at radius 3 is 2.56 bits per heavy atom. The van der Waals surface area contributed by atoms with Gasteiger partial charge in [-0.15, -0.1) is 0 Å². The minimum absolute atomic E-state index is 0.172. The zero-order valence-corrected chi connectivity index (χ0v) is 10.9. The largest absolute Gasteiger partial charge is 0.394 e. The van der Waals surface area contributed by atoms with E-state index in [4.69, 9.17) is 10.8 Å². The van der Waals surface area contributed by atoms with Gasteiger partial charge in [0.2, 0.25) is 5.91 Å². The van der Waals surface area contributed by atoms with E-state index in [-0.39, 0.29) is 17.8 Å². The van der Waals surface area contributed by atoms with Crippen LogP contribution in [0.5, 0.6) is 0 Å². The molecule has 0 aliphatic rings. The number of carbonyl (C=O) groups excluding carboxylic acids is 1. The van der Waals surface area contributed by atoms with Crippen molar-refractivity contribution >= 4 is 17.7 Å². The lowest BCUT2D eigenvalue weighted by molar-refractivity contribution is -0.123. The van der Waals surface area contributed by atoms with Gasteiger partial charge >= 0.3 is 0 Å². The summed E-state index contributed by atoms with van der Waals surface area (Å²) in [5.41, 5.74) is 4.59. The average Bonchev–Trinajstić information content (AvgIpc) is 2.25.